The summed E-state index contributed by atoms with van der Waals surface area (Å²) in [6.45, 7) is 4.33. The van der Waals surface area contributed by atoms with Gasteiger partial charge in [0.05, 0.1) is 13.2 Å². The maximum absolute atomic E-state index is 5.83. The van der Waals surface area contributed by atoms with E-state index in [1.165, 1.54) is 5.56 Å². The number of hydrogen-bond acceptors (Lipinski definition) is 3. The van der Waals surface area contributed by atoms with Crippen LogP contribution in [0.1, 0.15) is 11.3 Å². The fourth-order valence-corrected chi connectivity index (χ4v) is 2.06. The van der Waals surface area contributed by atoms with Crippen LogP contribution in [0.25, 0.3) is 11.3 Å². The highest BCUT2D eigenvalue weighted by Crippen LogP contribution is 2.26. The van der Waals surface area contributed by atoms with Crippen LogP contribution in [0.4, 0.5) is 0 Å². The first-order chi connectivity index (χ1) is 9.20. The Bertz CT molecular complexity index is 542. The number of methoxy groups -OCH3 is 1. The number of rotatable bonds is 6. The second-order valence-electron chi connectivity index (χ2n) is 4.40. The summed E-state index contributed by atoms with van der Waals surface area (Å²) in [5.41, 5.74) is 2.30. The van der Waals surface area contributed by atoms with Crippen LogP contribution in [-0.2, 0) is 11.3 Å². The van der Waals surface area contributed by atoms with Crippen molar-refractivity contribution in [2.45, 2.75) is 13.5 Å². The van der Waals surface area contributed by atoms with E-state index in [1.54, 1.807) is 7.11 Å². The SMILES string of the molecule is COCCNCc1ccc(-c2ccc(Br)c(C)c2)o1.Cl. The highest BCUT2D eigenvalue weighted by molar-refractivity contribution is 9.10. The van der Waals surface area contributed by atoms with E-state index >= 15 is 0 Å². The molecule has 0 amide bonds. The van der Waals surface area contributed by atoms with Gasteiger partial charge in [0.2, 0.25) is 0 Å². The van der Waals surface area contributed by atoms with Crippen LogP contribution < -0.4 is 5.32 Å². The van der Waals surface area contributed by atoms with Crippen molar-refractivity contribution in [3.05, 3.63) is 46.1 Å². The average molecular weight is 361 g/mol. The highest BCUT2D eigenvalue weighted by atomic mass is 79.9. The zero-order valence-corrected chi connectivity index (χ0v) is 14.0. The fraction of sp³-hybridized carbons (Fsp3) is 0.333. The van der Waals surface area contributed by atoms with Crippen LogP contribution in [0, 0.1) is 6.92 Å². The Kier molecular flexibility index (Phi) is 7.30. The van der Waals surface area contributed by atoms with E-state index in [4.69, 9.17) is 9.15 Å². The molecule has 2 aromatic rings. The first kappa shape index (κ1) is 17.2. The van der Waals surface area contributed by atoms with Gasteiger partial charge in [-0.15, -0.1) is 12.4 Å². The molecular formula is C15H19BrClNO2. The third-order valence-electron chi connectivity index (χ3n) is 2.89. The molecule has 0 aliphatic carbocycles. The van der Waals surface area contributed by atoms with Gasteiger partial charge in [0.1, 0.15) is 11.5 Å². The van der Waals surface area contributed by atoms with Gasteiger partial charge in [-0.1, -0.05) is 22.0 Å². The molecule has 0 bridgehead atoms. The molecule has 0 atom stereocenters. The number of benzene rings is 1. The number of nitrogens with one attached hydrogen (secondary N) is 1. The van der Waals surface area contributed by atoms with Crippen LogP contribution >= 0.6 is 28.3 Å². The van der Waals surface area contributed by atoms with E-state index in [2.05, 4.69) is 40.3 Å². The third kappa shape index (κ3) is 4.63. The lowest BCUT2D eigenvalue weighted by Gasteiger charge is -2.03. The van der Waals surface area contributed by atoms with Gasteiger partial charge in [0.25, 0.3) is 0 Å². The zero-order valence-electron chi connectivity index (χ0n) is 11.6. The predicted molar refractivity (Wildman–Crippen MR) is 87.4 cm³/mol. The van der Waals surface area contributed by atoms with E-state index in [1.807, 2.05) is 18.2 Å². The molecule has 0 spiro atoms. The van der Waals surface area contributed by atoms with E-state index < -0.39 is 0 Å². The maximum Gasteiger partial charge on any atom is 0.134 e. The topological polar surface area (TPSA) is 34.4 Å². The van der Waals surface area contributed by atoms with E-state index in [0.29, 0.717) is 6.61 Å². The highest BCUT2D eigenvalue weighted by Gasteiger charge is 2.06. The van der Waals surface area contributed by atoms with Gasteiger partial charge in [0, 0.05) is 23.7 Å². The van der Waals surface area contributed by atoms with Gasteiger partial charge in [-0.2, -0.15) is 0 Å². The second kappa shape index (κ2) is 8.47. The lowest BCUT2D eigenvalue weighted by Crippen LogP contribution is -2.18. The van der Waals surface area contributed by atoms with E-state index in [9.17, 15) is 0 Å². The van der Waals surface area contributed by atoms with Gasteiger partial charge < -0.3 is 14.5 Å². The Morgan fingerprint density at radius 3 is 2.75 bits per heavy atom. The Morgan fingerprint density at radius 1 is 1.25 bits per heavy atom. The standard InChI is InChI=1S/C15H18BrNO2.ClH/c1-11-9-12(3-5-14(11)16)15-6-4-13(19-15)10-17-7-8-18-2;/h3-6,9,17H,7-8,10H2,1-2H3;1H. The normalized spacial score (nSPS) is 10.3. The summed E-state index contributed by atoms with van der Waals surface area (Å²) in [6.07, 6.45) is 0. The number of halogens is 2. The molecule has 1 N–H and O–H groups in total. The average Bonchev–Trinajstić information content (AvgIpc) is 2.87. The fourth-order valence-electron chi connectivity index (χ4n) is 1.81. The van der Waals surface area contributed by atoms with Crippen molar-refractivity contribution in [1.29, 1.82) is 0 Å². The quantitative estimate of drug-likeness (QED) is 0.785. The smallest absolute Gasteiger partial charge is 0.134 e. The maximum atomic E-state index is 5.83. The Labute approximate surface area is 134 Å². The molecule has 110 valence electrons. The molecule has 0 radical (unpaired) electrons. The van der Waals surface area contributed by atoms with Gasteiger partial charge in [-0.3, -0.25) is 0 Å². The first-order valence-corrected chi connectivity index (χ1v) is 7.05. The molecule has 0 saturated heterocycles. The molecule has 2 rings (SSSR count). The van der Waals surface area contributed by atoms with Gasteiger partial charge >= 0.3 is 0 Å². The molecule has 0 fully saturated rings. The van der Waals surface area contributed by atoms with Crippen LogP contribution in [0.2, 0.25) is 0 Å². The summed E-state index contributed by atoms with van der Waals surface area (Å²) in [5.74, 6) is 1.84. The predicted octanol–water partition coefficient (Wildman–Crippen LogP) is 4.18. The van der Waals surface area contributed by atoms with E-state index in [0.717, 1.165) is 34.6 Å². The Morgan fingerprint density at radius 2 is 2.05 bits per heavy atom. The summed E-state index contributed by atoms with van der Waals surface area (Å²) >= 11 is 3.50. The molecule has 0 aliphatic heterocycles. The lowest BCUT2D eigenvalue weighted by atomic mass is 10.1. The molecule has 1 heterocycles. The summed E-state index contributed by atoms with van der Waals surface area (Å²) < 4.78 is 11.9. The molecule has 20 heavy (non-hydrogen) atoms. The Balaban J connectivity index is 0.00000200. The first-order valence-electron chi connectivity index (χ1n) is 6.25. The zero-order chi connectivity index (χ0) is 13.7. The van der Waals surface area contributed by atoms with E-state index in [-0.39, 0.29) is 12.4 Å². The van der Waals surface area contributed by atoms with Gasteiger partial charge in [-0.05, 0) is 36.8 Å². The molecule has 5 heteroatoms. The van der Waals surface area contributed by atoms with Crippen LogP contribution in [0.15, 0.2) is 39.2 Å². The van der Waals surface area contributed by atoms with Gasteiger partial charge in [0.15, 0.2) is 0 Å². The van der Waals surface area contributed by atoms with Crippen molar-refractivity contribution < 1.29 is 9.15 Å². The van der Waals surface area contributed by atoms with Crippen molar-refractivity contribution in [3.63, 3.8) is 0 Å². The summed E-state index contributed by atoms with van der Waals surface area (Å²) in [7, 11) is 1.70. The molecular weight excluding hydrogens is 342 g/mol. The van der Waals surface area contributed by atoms with Gasteiger partial charge in [-0.25, -0.2) is 0 Å². The number of ether oxygens (including phenoxy) is 1. The van der Waals surface area contributed by atoms with Crippen molar-refractivity contribution in [2.75, 3.05) is 20.3 Å². The molecule has 0 unspecified atom stereocenters. The Hall–Kier alpha value is -0.810. The monoisotopic (exact) mass is 359 g/mol. The largest absolute Gasteiger partial charge is 0.460 e. The lowest BCUT2D eigenvalue weighted by molar-refractivity contribution is 0.198. The molecule has 3 nitrogen and oxygen atoms in total. The van der Waals surface area contributed by atoms with Crippen molar-refractivity contribution in [3.8, 4) is 11.3 Å². The molecule has 1 aromatic carbocycles. The van der Waals surface area contributed by atoms with Crippen LogP contribution in [0.3, 0.4) is 0 Å². The minimum atomic E-state index is 0. The third-order valence-corrected chi connectivity index (χ3v) is 3.78. The number of furan rings is 1. The van der Waals surface area contributed by atoms with Crippen molar-refractivity contribution in [2.24, 2.45) is 0 Å². The second-order valence-corrected chi connectivity index (χ2v) is 5.25. The minimum Gasteiger partial charge on any atom is -0.460 e. The molecule has 0 aliphatic rings. The summed E-state index contributed by atoms with van der Waals surface area (Å²) in [4.78, 5) is 0. The van der Waals surface area contributed by atoms with Crippen LogP contribution in [0.5, 0.6) is 0 Å². The van der Waals surface area contributed by atoms with Crippen LogP contribution in [-0.4, -0.2) is 20.3 Å². The van der Waals surface area contributed by atoms with Crippen molar-refractivity contribution in [1.82, 2.24) is 5.32 Å². The summed E-state index contributed by atoms with van der Waals surface area (Å²) in [6, 6.07) is 10.2. The summed E-state index contributed by atoms with van der Waals surface area (Å²) in [5, 5.41) is 3.26. The number of aryl methyl sites for hydroxylation is 1. The minimum absolute atomic E-state index is 0. The molecule has 0 saturated carbocycles. The molecule has 1 aromatic heterocycles. The van der Waals surface area contributed by atoms with Crippen molar-refractivity contribution >= 4 is 28.3 Å². The number of hydrogen-bond donors (Lipinski definition) is 1.